The average molecular weight is 187 g/mol. The fourth-order valence-electron chi connectivity index (χ4n) is 0.935. The van der Waals surface area contributed by atoms with Gasteiger partial charge in [-0.25, -0.2) is 4.79 Å². The number of aromatic carboxylic acids is 1. The highest BCUT2D eigenvalue weighted by atomic mass is 32.1. The van der Waals surface area contributed by atoms with Gasteiger partial charge in [-0.3, -0.25) is 9.67 Å². The molecular weight excluding hydrogens is 178 g/mol. The predicted octanol–water partition coefficient (Wildman–Crippen LogP) is 1.22. The molecule has 0 aliphatic carbocycles. The second-order valence-electron chi connectivity index (χ2n) is 2.62. The first-order valence-corrected chi connectivity index (χ1v) is 3.85. The molecule has 1 rings (SSSR count). The molecule has 0 saturated carbocycles. The lowest BCUT2D eigenvalue weighted by Crippen LogP contribution is -2.11. The van der Waals surface area contributed by atoms with Gasteiger partial charge in [0, 0.05) is 6.04 Å². The van der Waals surface area contributed by atoms with Crippen LogP contribution in [0.3, 0.4) is 0 Å². The van der Waals surface area contributed by atoms with Crippen molar-refractivity contribution in [1.29, 1.82) is 0 Å². The van der Waals surface area contributed by atoms with Crippen LogP contribution in [-0.2, 0) is 0 Å². The van der Waals surface area contributed by atoms with E-state index in [1.165, 1.54) is 4.57 Å². The average Bonchev–Trinajstić information content (AvgIpc) is 2.30. The lowest BCUT2D eigenvalue weighted by molar-refractivity contribution is 0.0675. The molecule has 1 aromatic rings. The Hall–Kier alpha value is -1.17. The zero-order valence-corrected chi connectivity index (χ0v) is 7.55. The first-order valence-electron chi connectivity index (χ1n) is 3.44. The predicted molar refractivity (Wildman–Crippen MR) is 44.8 cm³/mol. The summed E-state index contributed by atoms with van der Waals surface area (Å²) in [5.41, 5.74) is 0. The molecule has 0 aromatic carbocycles. The van der Waals surface area contributed by atoms with Crippen LogP contribution in [0.2, 0.25) is 0 Å². The fraction of sp³-hybridized carbons (Fsp3) is 0.500. The Morgan fingerprint density at radius 1 is 1.75 bits per heavy atom. The van der Waals surface area contributed by atoms with Crippen LogP contribution in [0.15, 0.2) is 0 Å². The van der Waals surface area contributed by atoms with E-state index >= 15 is 0 Å². The SMILES string of the molecule is CC(C)n1c(C(=O)O)n[nH]c1=S. The maximum atomic E-state index is 10.6. The molecule has 0 bridgehead atoms. The molecule has 0 fully saturated rings. The van der Waals surface area contributed by atoms with Crippen LogP contribution in [0.5, 0.6) is 0 Å². The van der Waals surface area contributed by atoms with E-state index in [-0.39, 0.29) is 11.9 Å². The van der Waals surface area contributed by atoms with Crippen LogP contribution in [0, 0.1) is 4.77 Å². The van der Waals surface area contributed by atoms with Gasteiger partial charge >= 0.3 is 5.97 Å². The van der Waals surface area contributed by atoms with E-state index in [2.05, 4.69) is 10.2 Å². The summed E-state index contributed by atoms with van der Waals surface area (Å²) in [6.07, 6.45) is 0. The van der Waals surface area contributed by atoms with Gasteiger partial charge < -0.3 is 5.11 Å². The summed E-state index contributed by atoms with van der Waals surface area (Å²) in [5.74, 6) is -1.12. The van der Waals surface area contributed by atoms with Crippen LogP contribution in [-0.4, -0.2) is 25.8 Å². The van der Waals surface area contributed by atoms with Gasteiger partial charge in [-0.15, -0.1) is 5.10 Å². The van der Waals surface area contributed by atoms with Crippen molar-refractivity contribution in [2.24, 2.45) is 0 Å². The summed E-state index contributed by atoms with van der Waals surface area (Å²) >= 11 is 4.85. The van der Waals surface area contributed by atoms with Crippen LogP contribution >= 0.6 is 12.2 Å². The van der Waals surface area contributed by atoms with E-state index in [0.29, 0.717) is 4.77 Å². The van der Waals surface area contributed by atoms with E-state index < -0.39 is 5.97 Å². The van der Waals surface area contributed by atoms with Gasteiger partial charge in [-0.2, -0.15) is 0 Å². The molecule has 0 radical (unpaired) electrons. The minimum Gasteiger partial charge on any atom is -0.475 e. The van der Waals surface area contributed by atoms with Crippen molar-refractivity contribution in [3.8, 4) is 0 Å². The number of rotatable bonds is 2. The third-order valence-corrected chi connectivity index (χ3v) is 1.70. The molecule has 2 N–H and O–H groups in total. The van der Waals surface area contributed by atoms with Crippen LogP contribution in [0.4, 0.5) is 0 Å². The number of carboxylic acids is 1. The first kappa shape index (κ1) is 8.92. The number of nitrogens with zero attached hydrogens (tertiary/aromatic N) is 2. The molecule has 12 heavy (non-hydrogen) atoms. The van der Waals surface area contributed by atoms with Gasteiger partial charge in [0.2, 0.25) is 5.82 Å². The molecule has 0 saturated heterocycles. The lowest BCUT2D eigenvalue weighted by Gasteiger charge is -2.06. The van der Waals surface area contributed by atoms with Crippen LogP contribution < -0.4 is 0 Å². The summed E-state index contributed by atoms with van der Waals surface area (Å²) < 4.78 is 1.79. The monoisotopic (exact) mass is 187 g/mol. The molecule has 1 heterocycles. The Balaban J connectivity index is 3.31. The molecule has 0 spiro atoms. The maximum Gasteiger partial charge on any atom is 0.374 e. The smallest absolute Gasteiger partial charge is 0.374 e. The summed E-state index contributed by atoms with van der Waals surface area (Å²) in [4.78, 5) is 10.6. The molecule has 1 aromatic heterocycles. The number of hydrogen-bond donors (Lipinski definition) is 2. The Morgan fingerprint density at radius 2 is 2.33 bits per heavy atom. The molecule has 5 nitrogen and oxygen atoms in total. The molecule has 6 heteroatoms. The van der Waals surface area contributed by atoms with E-state index in [1.54, 1.807) is 0 Å². The third kappa shape index (κ3) is 1.38. The minimum atomic E-state index is -1.07. The van der Waals surface area contributed by atoms with E-state index in [4.69, 9.17) is 17.3 Å². The normalized spacial score (nSPS) is 10.6. The Morgan fingerprint density at radius 3 is 2.67 bits per heavy atom. The topological polar surface area (TPSA) is 70.9 Å². The number of nitrogens with one attached hydrogen (secondary N) is 1. The zero-order chi connectivity index (χ0) is 9.30. The molecule has 0 amide bonds. The van der Waals surface area contributed by atoms with Crippen molar-refractivity contribution in [3.05, 3.63) is 10.6 Å². The number of aromatic nitrogens is 3. The quantitative estimate of drug-likeness (QED) is 0.683. The molecule has 0 aliphatic rings. The minimum absolute atomic E-state index is 0.00218. The summed E-state index contributed by atoms with van der Waals surface area (Å²) in [5, 5.41) is 14.7. The Labute approximate surface area is 74.0 Å². The number of carbonyl (C=O) groups is 1. The van der Waals surface area contributed by atoms with Gasteiger partial charge in [0.05, 0.1) is 0 Å². The second-order valence-corrected chi connectivity index (χ2v) is 3.01. The maximum absolute atomic E-state index is 10.6. The molecule has 0 aliphatic heterocycles. The number of hydrogen-bond acceptors (Lipinski definition) is 3. The van der Waals surface area contributed by atoms with Crippen molar-refractivity contribution in [1.82, 2.24) is 14.8 Å². The van der Waals surface area contributed by atoms with Gasteiger partial charge in [-0.1, -0.05) is 0 Å². The highest BCUT2D eigenvalue weighted by Crippen LogP contribution is 2.07. The van der Waals surface area contributed by atoms with E-state index in [0.717, 1.165) is 0 Å². The number of carboxylic acid groups (broad SMARTS) is 1. The highest BCUT2D eigenvalue weighted by Gasteiger charge is 2.14. The van der Waals surface area contributed by atoms with Gasteiger partial charge in [0.25, 0.3) is 0 Å². The van der Waals surface area contributed by atoms with Gasteiger partial charge in [0.1, 0.15) is 0 Å². The molecular formula is C6H9N3O2S. The van der Waals surface area contributed by atoms with Crippen molar-refractivity contribution in [2.45, 2.75) is 19.9 Å². The summed E-state index contributed by atoms with van der Waals surface area (Å²) in [6.45, 7) is 3.69. The van der Waals surface area contributed by atoms with Crippen molar-refractivity contribution in [2.75, 3.05) is 0 Å². The largest absolute Gasteiger partial charge is 0.475 e. The van der Waals surface area contributed by atoms with Crippen molar-refractivity contribution < 1.29 is 9.90 Å². The summed E-state index contributed by atoms with van der Waals surface area (Å²) in [7, 11) is 0. The van der Waals surface area contributed by atoms with E-state index in [1.807, 2.05) is 13.8 Å². The van der Waals surface area contributed by atoms with Crippen LogP contribution in [0.25, 0.3) is 0 Å². The molecule has 0 unspecified atom stereocenters. The van der Waals surface area contributed by atoms with Gasteiger partial charge in [-0.05, 0) is 26.1 Å². The lowest BCUT2D eigenvalue weighted by atomic mass is 10.4. The first-order chi connectivity index (χ1) is 5.54. The highest BCUT2D eigenvalue weighted by molar-refractivity contribution is 7.71. The molecule has 66 valence electrons. The van der Waals surface area contributed by atoms with E-state index in [9.17, 15) is 4.79 Å². The summed E-state index contributed by atoms with van der Waals surface area (Å²) in [6, 6.07) is 0.00218. The second kappa shape index (κ2) is 3.06. The Kier molecular flexibility index (Phi) is 2.27. The zero-order valence-electron chi connectivity index (χ0n) is 6.74. The Bertz CT molecular complexity index is 352. The van der Waals surface area contributed by atoms with Crippen molar-refractivity contribution in [3.63, 3.8) is 0 Å². The van der Waals surface area contributed by atoms with Crippen LogP contribution in [0.1, 0.15) is 30.5 Å². The van der Waals surface area contributed by atoms with Gasteiger partial charge in [0.15, 0.2) is 4.77 Å². The fourth-order valence-corrected chi connectivity index (χ4v) is 1.28. The van der Waals surface area contributed by atoms with Crippen molar-refractivity contribution >= 4 is 18.2 Å². The molecule has 0 atom stereocenters. The third-order valence-electron chi connectivity index (χ3n) is 1.41. The standard InChI is InChI=1S/C6H9N3O2S/c1-3(2)9-4(5(10)11)7-8-6(9)12/h3H,1-2H3,(H,8,12)(H,10,11). The number of aromatic amines is 1. The number of H-pyrrole nitrogens is 1.